The number of likely N-dealkylation sites (tertiary alicyclic amines) is 1. The Bertz CT molecular complexity index is 2410. The van der Waals surface area contributed by atoms with Crippen LogP contribution in [0.15, 0.2) is 4.99 Å². The molecule has 87 heavy (non-hydrogen) atoms. The number of unbranched alkanes of at least 4 members (excludes halogenated alkanes) is 1. The Morgan fingerprint density at radius 2 is 1.02 bits per heavy atom. The zero-order chi connectivity index (χ0) is 66.6. The molecular weight excluding hydrogens is 1150 g/mol. The van der Waals surface area contributed by atoms with Crippen LogP contribution in [0, 0.1) is 23.7 Å². The normalized spacial score (nSPS) is 17.2. The molecule has 0 unspecified atom stereocenters. The number of rotatable bonds is 40. The fraction of sp³-hybridized carbons (Fsp3) is 0.741. The third-order valence-corrected chi connectivity index (χ3v) is 14.4. The number of carbonyl (C=O) groups is 13. The SMILES string of the molecule is CC[C@H](C)[C@H](NC(=O)[C@H](CC(=O)O)NC(=O)[C@H](CCCCN)NC(=O)[C@@H](N)C(C)C)C(=O)N[C@@H](CO)C(=O)N[C@@H](CCC(=O)O)C(=O)N[C@H](C(=O)N[C@H](C(=O)N[C@H](C(=O)N1CCC[C@H]1C(=O)N[C@@H](CCCN=C(N)N)C(=O)O)[C@@H](C)O)C(C)C)C(C)C. The summed E-state index contributed by atoms with van der Waals surface area (Å²) < 4.78 is 0. The lowest BCUT2D eigenvalue weighted by Crippen LogP contribution is -2.63. The van der Waals surface area contributed by atoms with Crippen molar-refractivity contribution < 1.29 is 87.9 Å². The number of aliphatic hydroxyl groups is 2. The van der Waals surface area contributed by atoms with Crippen molar-refractivity contribution in [1.29, 1.82) is 0 Å². The summed E-state index contributed by atoms with van der Waals surface area (Å²) in [4.78, 5) is 178. The molecule has 494 valence electrons. The Hall–Kier alpha value is -7.78. The summed E-state index contributed by atoms with van der Waals surface area (Å²) in [7, 11) is 0. The molecule has 1 rings (SSSR count). The number of nitrogens with one attached hydrogen (secondary N) is 9. The Balaban J connectivity index is 3.39. The number of hydrogen-bond donors (Lipinski definition) is 18. The van der Waals surface area contributed by atoms with Gasteiger partial charge in [0.1, 0.15) is 60.4 Å². The molecule has 0 aromatic heterocycles. The summed E-state index contributed by atoms with van der Waals surface area (Å²) in [6.07, 6.45) is -2.31. The molecule has 1 aliphatic heterocycles. The van der Waals surface area contributed by atoms with Gasteiger partial charge in [0.25, 0.3) is 0 Å². The molecule has 0 aromatic carbocycles. The number of hydrogen-bond acceptors (Lipinski definition) is 18. The number of aliphatic imine (C=N–C) groups is 1. The largest absolute Gasteiger partial charge is 0.481 e. The van der Waals surface area contributed by atoms with Crippen LogP contribution in [0.3, 0.4) is 0 Å². The van der Waals surface area contributed by atoms with E-state index in [1.54, 1.807) is 20.8 Å². The van der Waals surface area contributed by atoms with Crippen LogP contribution in [-0.2, 0) is 62.3 Å². The van der Waals surface area contributed by atoms with Crippen LogP contribution >= 0.6 is 0 Å². The van der Waals surface area contributed by atoms with E-state index in [1.165, 1.54) is 41.5 Å². The van der Waals surface area contributed by atoms with Crippen molar-refractivity contribution in [2.24, 2.45) is 51.6 Å². The minimum atomic E-state index is -1.89. The van der Waals surface area contributed by atoms with E-state index in [0.717, 1.165) is 4.90 Å². The minimum Gasteiger partial charge on any atom is -0.481 e. The molecule has 33 heteroatoms. The van der Waals surface area contributed by atoms with Gasteiger partial charge >= 0.3 is 17.9 Å². The first-order valence-electron chi connectivity index (χ1n) is 29.1. The predicted molar refractivity (Wildman–Crippen MR) is 312 cm³/mol. The maximum Gasteiger partial charge on any atom is 0.326 e. The lowest BCUT2D eigenvalue weighted by molar-refractivity contribution is -0.146. The van der Waals surface area contributed by atoms with Crippen LogP contribution in [0.25, 0.3) is 0 Å². The summed E-state index contributed by atoms with van der Waals surface area (Å²) >= 11 is 0. The molecule has 0 radical (unpaired) electrons. The van der Waals surface area contributed by atoms with Crippen LogP contribution in [0.1, 0.15) is 133 Å². The molecule has 0 aromatic rings. The molecule has 10 amide bonds. The molecule has 1 heterocycles. The van der Waals surface area contributed by atoms with E-state index >= 15 is 0 Å². The number of carboxylic acid groups (broad SMARTS) is 3. The molecule has 0 saturated carbocycles. The molecule has 0 spiro atoms. The lowest BCUT2D eigenvalue weighted by Gasteiger charge is -2.32. The Kier molecular flexibility index (Phi) is 34.1. The van der Waals surface area contributed by atoms with Crippen LogP contribution < -0.4 is 70.8 Å². The second kappa shape index (κ2) is 38.4. The first-order valence-corrected chi connectivity index (χ1v) is 29.1. The van der Waals surface area contributed by atoms with E-state index in [-0.39, 0.29) is 63.6 Å². The number of amides is 10. The van der Waals surface area contributed by atoms with Crippen molar-refractivity contribution in [3.05, 3.63) is 0 Å². The Labute approximate surface area is 505 Å². The molecule has 1 aliphatic rings. The maximum atomic E-state index is 14.1. The second-order valence-corrected chi connectivity index (χ2v) is 22.6. The molecular formula is C54H95N15O18. The minimum absolute atomic E-state index is 0.000262. The molecule has 0 bridgehead atoms. The lowest BCUT2D eigenvalue weighted by atomic mass is 9.97. The van der Waals surface area contributed by atoms with E-state index in [9.17, 15) is 87.9 Å². The quantitative estimate of drug-likeness (QED) is 0.0155. The molecule has 0 aliphatic carbocycles. The molecule has 1 fully saturated rings. The standard InChI is InChI=1S/C54H95N15O18/c1-10-28(8)41(67-45(78)33(23-37(74)75)63-43(76)30(15-11-12-20-55)61-48(81)38(56)25(2)3)51(84)64-34(24-70)46(79)60-31(18-19-36(72)73)44(77)65-39(26(4)5)49(82)66-40(27(6)7)50(83)68-42(29(9)71)52(85)69-22-14-17-35(69)47(80)62-32(53(86)87)16-13-21-59-54(57)58/h25-35,38-42,70-71H,10-24,55-56H2,1-9H3,(H,60,79)(H,61,81)(H,62,80)(H,63,76)(H,64,84)(H,65,77)(H,66,82)(H,67,78)(H,68,83)(H,72,73)(H,74,75)(H,86,87)(H4,57,58,59)/t28-,29+,30-,31-,32-,33-,34-,35-,38-,39-,40-,41-,42-/m0/s1. The zero-order valence-electron chi connectivity index (χ0n) is 51.1. The Morgan fingerprint density at radius 1 is 0.552 bits per heavy atom. The highest BCUT2D eigenvalue weighted by molar-refractivity contribution is 6.00. The summed E-state index contributed by atoms with van der Waals surface area (Å²) in [5, 5.41) is 72.0. The van der Waals surface area contributed by atoms with Crippen LogP contribution in [-0.4, -0.2) is 212 Å². The predicted octanol–water partition coefficient (Wildman–Crippen LogP) is -5.34. The molecule has 22 N–H and O–H groups in total. The van der Waals surface area contributed by atoms with Gasteiger partial charge in [-0.2, -0.15) is 0 Å². The molecule has 1 saturated heterocycles. The number of nitrogens with two attached hydrogens (primary N) is 4. The summed E-state index contributed by atoms with van der Waals surface area (Å²) in [6, 6.07) is -16.6. The first-order chi connectivity index (χ1) is 40.6. The van der Waals surface area contributed by atoms with Crippen molar-refractivity contribution in [2.45, 2.75) is 206 Å². The smallest absolute Gasteiger partial charge is 0.326 e. The van der Waals surface area contributed by atoms with E-state index in [1.807, 2.05) is 0 Å². The van der Waals surface area contributed by atoms with Crippen molar-refractivity contribution >= 4 is 82.9 Å². The van der Waals surface area contributed by atoms with Gasteiger partial charge in [-0.1, -0.05) is 61.8 Å². The van der Waals surface area contributed by atoms with Gasteiger partial charge in [-0.05, 0) is 88.5 Å². The maximum absolute atomic E-state index is 14.1. The summed E-state index contributed by atoms with van der Waals surface area (Å²) in [5.74, 6) is -17.0. The first kappa shape index (κ1) is 77.2. The van der Waals surface area contributed by atoms with Crippen molar-refractivity contribution in [2.75, 3.05) is 26.2 Å². The van der Waals surface area contributed by atoms with E-state index < -0.39 is 193 Å². The highest BCUT2D eigenvalue weighted by atomic mass is 16.4. The van der Waals surface area contributed by atoms with Crippen molar-refractivity contribution in [3.63, 3.8) is 0 Å². The number of guanidine groups is 1. The number of aliphatic carboxylic acids is 3. The summed E-state index contributed by atoms with van der Waals surface area (Å²) in [5.41, 5.74) is 22.2. The zero-order valence-corrected chi connectivity index (χ0v) is 51.1. The van der Waals surface area contributed by atoms with Gasteiger partial charge in [0, 0.05) is 19.5 Å². The molecule has 13 atom stereocenters. The fourth-order valence-electron chi connectivity index (χ4n) is 8.92. The topological polar surface area (TPSA) is 551 Å². The number of carbonyl (C=O) groups excluding carboxylic acids is 10. The van der Waals surface area contributed by atoms with E-state index in [2.05, 4.69) is 52.8 Å². The Morgan fingerprint density at radius 3 is 1.52 bits per heavy atom. The van der Waals surface area contributed by atoms with E-state index in [0.29, 0.717) is 19.3 Å². The van der Waals surface area contributed by atoms with Crippen molar-refractivity contribution in [1.82, 2.24) is 52.8 Å². The van der Waals surface area contributed by atoms with Gasteiger partial charge in [0.2, 0.25) is 59.1 Å². The van der Waals surface area contributed by atoms with Crippen LogP contribution in [0.5, 0.6) is 0 Å². The third kappa shape index (κ3) is 26.4. The van der Waals surface area contributed by atoms with Gasteiger partial charge in [0.05, 0.1) is 25.2 Å². The number of carboxylic acids is 3. The van der Waals surface area contributed by atoms with Crippen LogP contribution in [0.2, 0.25) is 0 Å². The number of nitrogens with zero attached hydrogens (tertiary/aromatic N) is 2. The van der Waals surface area contributed by atoms with Gasteiger partial charge in [-0.15, -0.1) is 0 Å². The monoisotopic (exact) mass is 1240 g/mol. The third-order valence-electron chi connectivity index (χ3n) is 14.4. The number of aliphatic hydroxyl groups excluding tert-OH is 2. The van der Waals surface area contributed by atoms with Crippen molar-refractivity contribution in [3.8, 4) is 0 Å². The van der Waals surface area contributed by atoms with E-state index in [4.69, 9.17) is 22.9 Å². The highest BCUT2D eigenvalue weighted by Gasteiger charge is 2.42. The fourth-order valence-corrected chi connectivity index (χ4v) is 8.92. The highest BCUT2D eigenvalue weighted by Crippen LogP contribution is 2.21. The average Bonchev–Trinajstić information content (AvgIpc) is 2.23. The molecule has 33 nitrogen and oxygen atoms in total. The van der Waals surface area contributed by atoms with Gasteiger partial charge in [-0.25, -0.2) is 4.79 Å². The van der Waals surface area contributed by atoms with Gasteiger partial charge in [-0.3, -0.25) is 62.5 Å². The van der Waals surface area contributed by atoms with Gasteiger partial charge < -0.3 is 101 Å². The van der Waals surface area contributed by atoms with Gasteiger partial charge in [0.15, 0.2) is 5.96 Å². The van der Waals surface area contributed by atoms with Crippen LogP contribution in [0.4, 0.5) is 0 Å². The summed E-state index contributed by atoms with van der Waals surface area (Å²) in [6.45, 7) is 13.0. The second-order valence-electron chi connectivity index (χ2n) is 22.6. The average molecular weight is 1240 g/mol.